The molecule has 0 radical (unpaired) electrons. The number of carbonyl (C=O) groups is 1. The molecular weight excluding hydrogens is 336 g/mol. The highest BCUT2D eigenvalue weighted by molar-refractivity contribution is 5.85. The minimum absolute atomic E-state index is 0. The maximum absolute atomic E-state index is 12.9. The van der Waals surface area contributed by atoms with Gasteiger partial charge in [0.2, 0.25) is 6.10 Å². The van der Waals surface area contributed by atoms with E-state index in [4.69, 9.17) is 4.74 Å². The quantitative estimate of drug-likeness (QED) is 0.859. The third-order valence-electron chi connectivity index (χ3n) is 4.49. The summed E-state index contributed by atoms with van der Waals surface area (Å²) in [5, 5.41) is 6.50. The Kier molecular flexibility index (Phi) is 7.29. The Morgan fingerprint density at radius 3 is 2.40 bits per heavy atom. The van der Waals surface area contributed by atoms with E-state index in [2.05, 4.69) is 17.6 Å². The number of piperidine rings is 1. The number of halogens is 1. The molecule has 0 saturated carbocycles. The number of benzene rings is 2. The molecule has 1 aliphatic rings. The van der Waals surface area contributed by atoms with Crippen LogP contribution < -0.4 is 15.4 Å². The lowest BCUT2D eigenvalue weighted by Crippen LogP contribution is -2.51. The molecule has 1 heterocycles. The second-order valence-corrected chi connectivity index (χ2v) is 6.31. The van der Waals surface area contributed by atoms with E-state index < -0.39 is 6.10 Å². The van der Waals surface area contributed by atoms with Crippen molar-refractivity contribution in [1.29, 1.82) is 0 Å². The van der Waals surface area contributed by atoms with Gasteiger partial charge in [0, 0.05) is 18.2 Å². The smallest absolute Gasteiger partial charge is 0.266 e. The van der Waals surface area contributed by atoms with Crippen LogP contribution in [0, 0.1) is 5.92 Å². The van der Waals surface area contributed by atoms with Gasteiger partial charge >= 0.3 is 0 Å². The molecule has 2 aromatic rings. The minimum Gasteiger partial charge on any atom is -0.476 e. The van der Waals surface area contributed by atoms with Crippen LogP contribution in [0.3, 0.4) is 0 Å². The Bertz CT molecular complexity index is 651. The average molecular weight is 361 g/mol. The Labute approximate surface area is 155 Å². The maximum atomic E-state index is 12.9. The van der Waals surface area contributed by atoms with Gasteiger partial charge in [-0.3, -0.25) is 4.79 Å². The molecule has 3 unspecified atom stereocenters. The zero-order valence-corrected chi connectivity index (χ0v) is 15.2. The molecule has 1 fully saturated rings. The Morgan fingerprint density at radius 1 is 1.12 bits per heavy atom. The number of ether oxygens (including phenoxy) is 1. The molecule has 2 N–H and O–H groups in total. The fourth-order valence-electron chi connectivity index (χ4n) is 2.98. The molecule has 0 spiro atoms. The van der Waals surface area contributed by atoms with E-state index >= 15 is 0 Å². The van der Waals surface area contributed by atoms with Crippen LogP contribution in [0.5, 0.6) is 5.75 Å². The first-order chi connectivity index (χ1) is 11.7. The maximum Gasteiger partial charge on any atom is 0.266 e. The molecule has 0 aliphatic carbocycles. The highest BCUT2D eigenvalue weighted by Crippen LogP contribution is 2.23. The molecule has 134 valence electrons. The van der Waals surface area contributed by atoms with E-state index in [-0.39, 0.29) is 24.4 Å². The van der Waals surface area contributed by atoms with Crippen LogP contribution in [0.4, 0.5) is 0 Å². The van der Waals surface area contributed by atoms with Crippen LogP contribution in [0.1, 0.15) is 25.0 Å². The largest absolute Gasteiger partial charge is 0.476 e. The first-order valence-corrected chi connectivity index (χ1v) is 8.52. The first kappa shape index (κ1) is 19.3. The van der Waals surface area contributed by atoms with E-state index in [9.17, 15) is 4.79 Å². The Morgan fingerprint density at radius 2 is 1.76 bits per heavy atom. The summed E-state index contributed by atoms with van der Waals surface area (Å²) in [6.45, 7) is 4.00. The van der Waals surface area contributed by atoms with E-state index in [1.165, 1.54) is 0 Å². The third kappa shape index (κ3) is 5.21. The van der Waals surface area contributed by atoms with Crippen molar-refractivity contribution >= 4 is 18.3 Å². The van der Waals surface area contributed by atoms with Crippen LogP contribution in [0.15, 0.2) is 60.7 Å². The van der Waals surface area contributed by atoms with Gasteiger partial charge in [-0.25, -0.2) is 0 Å². The number of amides is 1. The van der Waals surface area contributed by atoms with Gasteiger partial charge in [0.1, 0.15) is 5.75 Å². The fraction of sp³-hybridized carbons (Fsp3) is 0.350. The van der Waals surface area contributed by atoms with E-state index in [0.717, 1.165) is 25.1 Å². The molecule has 3 rings (SSSR count). The van der Waals surface area contributed by atoms with Crippen LogP contribution in [-0.4, -0.2) is 25.0 Å². The lowest BCUT2D eigenvalue weighted by Gasteiger charge is -2.31. The summed E-state index contributed by atoms with van der Waals surface area (Å²) >= 11 is 0. The summed E-state index contributed by atoms with van der Waals surface area (Å²) in [6, 6.07) is 19.3. The summed E-state index contributed by atoms with van der Waals surface area (Å²) in [5.41, 5.74) is 0.857. The predicted molar refractivity (Wildman–Crippen MR) is 102 cm³/mol. The standard InChI is InChI=1S/C20H24N2O2.ClH/c1-15-12-13-21-14-18(15)22-20(23)19(16-8-4-2-5-9-16)24-17-10-6-3-7-11-17;/h2-11,15,18-19,21H,12-14H2,1H3,(H,22,23);1H. The van der Waals surface area contributed by atoms with Gasteiger partial charge < -0.3 is 15.4 Å². The summed E-state index contributed by atoms with van der Waals surface area (Å²) in [7, 11) is 0. The van der Waals surface area contributed by atoms with Gasteiger partial charge in [-0.2, -0.15) is 0 Å². The van der Waals surface area contributed by atoms with Crippen molar-refractivity contribution in [2.24, 2.45) is 5.92 Å². The van der Waals surface area contributed by atoms with Crippen molar-refractivity contribution in [2.45, 2.75) is 25.5 Å². The summed E-state index contributed by atoms with van der Waals surface area (Å²) in [5.74, 6) is 1.06. The van der Waals surface area contributed by atoms with Gasteiger partial charge in [-0.15, -0.1) is 12.4 Å². The topological polar surface area (TPSA) is 50.4 Å². The molecule has 1 aliphatic heterocycles. The van der Waals surface area contributed by atoms with Crippen molar-refractivity contribution in [3.63, 3.8) is 0 Å². The first-order valence-electron chi connectivity index (χ1n) is 8.52. The van der Waals surface area contributed by atoms with Crippen LogP contribution in [-0.2, 0) is 4.79 Å². The molecule has 1 saturated heterocycles. The lowest BCUT2D eigenvalue weighted by atomic mass is 9.94. The van der Waals surface area contributed by atoms with Crippen LogP contribution in [0.2, 0.25) is 0 Å². The van der Waals surface area contributed by atoms with Crippen LogP contribution in [0.25, 0.3) is 0 Å². The zero-order valence-electron chi connectivity index (χ0n) is 14.4. The number of nitrogens with one attached hydrogen (secondary N) is 2. The monoisotopic (exact) mass is 360 g/mol. The van der Waals surface area contributed by atoms with E-state index in [1.54, 1.807) is 0 Å². The Hall–Kier alpha value is -2.04. The summed E-state index contributed by atoms with van der Waals surface area (Å²) in [4.78, 5) is 12.9. The van der Waals surface area contributed by atoms with Gasteiger partial charge in [0.15, 0.2) is 0 Å². The van der Waals surface area contributed by atoms with E-state index in [0.29, 0.717) is 11.7 Å². The number of hydrogen-bond donors (Lipinski definition) is 2. The van der Waals surface area contributed by atoms with E-state index in [1.807, 2.05) is 60.7 Å². The Balaban J connectivity index is 0.00000225. The normalized spacial score (nSPS) is 20.8. The van der Waals surface area contributed by atoms with Crippen molar-refractivity contribution in [1.82, 2.24) is 10.6 Å². The molecule has 0 aromatic heterocycles. The molecule has 1 amide bonds. The van der Waals surface area contributed by atoms with Crippen molar-refractivity contribution in [3.05, 3.63) is 66.2 Å². The second-order valence-electron chi connectivity index (χ2n) is 6.31. The van der Waals surface area contributed by atoms with Crippen molar-refractivity contribution < 1.29 is 9.53 Å². The molecule has 25 heavy (non-hydrogen) atoms. The van der Waals surface area contributed by atoms with Gasteiger partial charge in [-0.05, 0) is 31.0 Å². The number of para-hydroxylation sites is 1. The molecule has 4 nitrogen and oxygen atoms in total. The SMILES string of the molecule is CC1CCNCC1NC(=O)C(Oc1ccccc1)c1ccccc1.Cl. The van der Waals surface area contributed by atoms with Gasteiger partial charge in [-0.1, -0.05) is 55.5 Å². The van der Waals surface area contributed by atoms with Crippen molar-refractivity contribution in [2.75, 3.05) is 13.1 Å². The average Bonchev–Trinajstić information content (AvgIpc) is 2.63. The molecule has 5 heteroatoms. The van der Waals surface area contributed by atoms with Gasteiger partial charge in [0.25, 0.3) is 5.91 Å². The zero-order chi connectivity index (χ0) is 16.8. The lowest BCUT2D eigenvalue weighted by molar-refractivity contribution is -0.129. The third-order valence-corrected chi connectivity index (χ3v) is 4.49. The fourth-order valence-corrected chi connectivity index (χ4v) is 2.98. The highest BCUT2D eigenvalue weighted by atomic mass is 35.5. The molecule has 3 atom stereocenters. The highest BCUT2D eigenvalue weighted by Gasteiger charge is 2.28. The molecule has 0 bridgehead atoms. The van der Waals surface area contributed by atoms with Crippen LogP contribution >= 0.6 is 12.4 Å². The second kappa shape index (κ2) is 9.44. The van der Waals surface area contributed by atoms with Gasteiger partial charge in [0.05, 0.1) is 0 Å². The minimum atomic E-state index is -0.650. The summed E-state index contributed by atoms with van der Waals surface area (Å²) < 4.78 is 6.01. The summed E-state index contributed by atoms with van der Waals surface area (Å²) in [6.07, 6.45) is 0.420. The number of hydrogen-bond acceptors (Lipinski definition) is 3. The van der Waals surface area contributed by atoms with Crippen molar-refractivity contribution in [3.8, 4) is 5.75 Å². The molecular formula is C20H25ClN2O2. The number of rotatable bonds is 5. The molecule has 2 aromatic carbocycles. The predicted octanol–water partition coefficient (Wildman–Crippen LogP) is 3.34. The number of carbonyl (C=O) groups excluding carboxylic acids is 1.